The maximum Gasteiger partial charge on any atom is 4.00 e. The van der Waals surface area contributed by atoms with Crippen LogP contribution in [0, 0.1) is 48.5 Å². The van der Waals surface area contributed by atoms with E-state index in [2.05, 4.69) is 98.0 Å². The van der Waals surface area contributed by atoms with Crippen LogP contribution in [-0.4, -0.2) is 60.0 Å². The van der Waals surface area contributed by atoms with E-state index in [1.54, 1.807) is 72.8 Å². The molecule has 16 nitrogen and oxygen atoms in total. The molecule has 15 rings (SSSR count). The molecule has 4 aromatic heterocycles. The van der Waals surface area contributed by atoms with Gasteiger partial charge in [-0.3, -0.25) is 0 Å². The molecule has 0 spiro atoms. The SMILES string of the molecule is Cc1ccc([O-])c(-n2nc3ccccc3n2)c1.Cc1ccc([O-])c(-n2nc3ccccc3n2)c1.Cc1ccc([O-])c(-n2nc3ccccc3n2)c1.Cc1ccc([O-])c(-n2nc3ccccc3n2)c1.Cc1ccccc1.Cc1ccccc1.Cc1ccccc1.[Hf+4]. The van der Waals surface area contributed by atoms with Gasteiger partial charge in [0.05, 0.1) is 22.7 Å². The Morgan fingerprint density at radius 3 is 0.500 bits per heavy atom. The Labute approximate surface area is 541 Å². The third-order valence-electron chi connectivity index (χ3n) is 13.3. The summed E-state index contributed by atoms with van der Waals surface area (Å²) in [5.74, 6) is -0.293. The molecule has 0 saturated heterocycles. The number of aryl methyl sites for hydroxylation is 7. The smallest absolute Gasteiger partial charge is 0.871 e. The van der Waals surface area contributed by atoms with Crippen molar-refractivity contribution in [3.05, 3.63) is 300 Å². The van der Waals surface area contributed by atoms with Gasteiger partial charge in [0.1, 0.15) is 44.1 Å². The van der Waals surface area contributed by atoms with Crippen LogP contribution in [0.1, 0.15) is 38.9 Å². The van der Waals surface area contributed by atoms with Crippen LogP contribution in [0.5, 0.6) is 23.0 Å². The van der Waals surface area contributed by atoms with E-state index in [1.807, 2.05) is 179 Å². The predicted molar refractivity (Wildman–Crippen MR) is 346 cm³/mol. The van der Waals surface area contributed by atoms with Crippen LogP contribution in [0.3, 0.4) is 0 Å². The number of aromatic nitrogens is 12. The summed E-state index contributed by atoms with van der Waals surface area (Å²) in [6.07, 6.45) is 0. The Kier molecular flexibility index (Phi) is 22.9. The fourth-order valence-electron chi connectivity index (χ4n) is 8.61. The molecule has 4 heterocycles. The van der Waals surface area contributed by atoms with Gasteiger partial charge in [-0.15, -0.1) is 40.8 Å². The summed E-state index contributed by atoms with van der Waals surface area (Å²) in [5, 5.41) is 81.3. The van der Waals surface area contributed by atoms with Crippen molar-refractivity contribution in [1.29, 1.82) is 0 Å². The van der Waals surface area contributed by atoms with Crippen molar-refractivity contribution in [2.75, 3.05) is 0 Å². The molecule has 444 valence electrons. The molecule has 0 aliphatic heterocycles. The molecule has 0 N–H and O–H groups in total. The van der Waals surface area contributed by atoms with E-state index in [9.17, 15) is 20.4 Å². The van der Waals surface area contributed by atoms with Crippen LogP contribution in [0.25, 0.3) is 66.9 Å². The Bertz CT molecular complexity index is 4020. The maximum atomic E-state index is 11.7. The van der Waals surface area contributed by atoms with Crippen molar-refractivity contribution in [1.82, 2.24) is 60.0 Å². The van der Waals surface area contributed by atoms with E-state index in [-0.39, 0.29) is 48.8 Å². The van der Waals surface area contributed by atoms with Gasteiger partial charge in [-0.2, -0.15) is 19.2 Å². The van der Waals surface area contributed by atoms with Crippen molar-refractivity contribution < 1.29 is 46.3 Å². The van der Waals surface area contributed by atoms with Crippen LogP contribution in [-0.2, 0) is 25.8 Å². The third-order valence-corrected chi connectivity index (χ3v) is 13.3. The first-order valence-electron chi connectivity index (χ1n) is 28.6. The van der Waals surface area contributed by atoms with Crippen LogP contribution >= 0.6 is 0 Å². The average Bonchev–Trinajstić information content (AvgIpc) is 4.14. The zero-order chi connectivity index (χ0) is 62.7. The molecule has 0 aliphatic carbocycles. The van der Waals surface area contributed by atoms with Gasteiger partial charge in [0.25, 0.3) is 0 Å². The summed E-state index contributed by atoms with van der Waals surface area (Å²) in [7, 11) is 0. The summed E-state index contributed by atoms with van der Waals surface area (Å²) in [6.45, 7) is 14.0. The molecule has 0 bridgehead atoms. The molecule has 0 aliphatic rings. The van der Waals surface area contributed by atoms with Crippen molar-refractivity contribution in [3.63, 3.8) is 0 Å². The second-order valence-corrected chi connectivity index (χ2v) is 20.8. The molecule has 0 saturated carbocycles. The Morgan fingerprint density at radius 2 is 0.356 bits per heavy atom. The minimum atomic E-state index is -0.0732. The van der Waals surface area contributed by atoms with Gasteiger partial charge in [-0.1, -0.05) is 228 Å². The zero-order valence-corrected chi connectivity index (χ0v) is 54.4. The molecule has 0 radical (unpaired) electrons. The third kappa shape index (κ3) is 18.1. The van der Waals surface area contributed by atoms with Crippen LogP contribution in [0.15, 0.2) is 261 Å². The van der Waals surface area contributed by atoms with Gasteiger partial charge < -0.3 is 20.4 Å². The molecular formula is C73H64HfN12O4. The molecule has 0 amide bonds. The van der Waals surface area contributed by atoms with Gasteiger partial charge in [0, 0.05) is 0 Å². The normalized spacial score (nSPS) is 10.3. The fraction of sp³-hybridized carbons (Fsp3) is 0.0959. The van der Waals surface area contributed by atoms with E-state index in [4.69, 9.17) is 0 Å². The standard InChI is InChI=1S/4C13H11N3O.3C7H8.Hf/c4*1-9-6-7-13(17)12(8-9)16-14-10-4-2-3-5-11(10)15-16;3*1-7-5-3-2-4-6-7;/h4*2-8,17H,1H3;3*2-6H,1H3;/q;;;;;;;+4/p-4. The van der Waals surface area contributed by atoms with Crippen molar-refractivity contribution in [3.8, 4) is 45.7 Å². The van der Waals surface area contributed by atoms with Gasteiger partial charge in [0.2, 0.25) is 0 Å². The molecular weight excluding hydrogens is 1290 g/mol. The largest absolute Gasteiger partial charge is 4.00 e. The molecule has 0 fully saturated rings. The fourth-order valence-corrected chi connectivity index (χ4v) is 8.61. The molecule has 15 aromatic rings. The minimum absolute atomic E-state index is 0. The second kappa shape index (κ2) is 31.7. The van der Waals surface area contributed by atoms with Crippen molar-refractivity contribution in [2.45, 2.75) is 48.5 Å². The Morgan fingerprint density at radius 1 is 0.200 bits per heavy atom. The Hall–Kier alpha value is -10.9. The number of rotatable bonds is 4. The van der Waals surface area contributed by atoms with E-state index in [0.717, 1.165) is 66.4 Å². The summed E-state index contributed by atoms with van der Waals surface area (Å²) in [4.78, 5) is 5.61. The average molecular weight is 1350 g/mol. The van der Waals surface area contributed by atoms with E-state index >= 15 is 0 Å². The quantitative estimate of drug-likeness (QED) is 0.150. The Balaban J connectivity index is 0.000000139. The van der Waals surface area contributed by atoms with Gasteiger partial charge in [-0.25, -0.2) is 0 Å². The van der Waals surface area contributed by atoms with Gasteiger partial charge >= 0.3 is 25.8 Å². The van der Waals surface area contributed by atoms with E-state index in [1.165, 1.54) is 35.9 Å². The topological polar surface area (TPSA) is 215 Å². The summed E-state index contributed by atoms with van der Waals surface area (Å²) in [6, 6.07) is 81.4. The number of benzene rings is 11. The molecule has 90 heavy (non-hydrogen) atoms. The molecule has 0 atom stereocenters. The zero-order valence-electron chi connectivity index (χ0n) is 50.8. The molecule has 0 unspecified atom stereocenters. The first kappa shape index (κ1) is 65.1. The number of nitrogens with zero attached hydrogens (tertiary/aromatic N) is 12. The van der Waals surface area contributed by atoms with Crippen molar-refractivity contribution >= 4 is 44.1 Å². The predicted octanol–water partition coefficient (Wildman–Crippen LogP) is 13.2. The van der Waals surface area contributed by atoms with Crippen LogP contribution in [0.2, 0.25) is 0 Å². The van der Waals surface area contributed by atoms with E-state index < -0.39 is 0 Å². The van der Waals surface area contributed by atoms with Gasteiger partial charge in [-0.05, 0) is 144 Å². The summed E-state index contributed by atoms with van der Waals surface area (Å²) < 4.78 is 0. The van der Waals surface area contributed by atoms with Gasteiger partial charge in [0.15, 0.2) is 0 Å². The summed E-state index contributed by atoms with van der Waals surface area (Å²) >= 11 is 0. The molecule has 11 aromatic carbocycles. The van der Waals surface area contributed by atoms with Crippen molar-refractivity contribution in [2.24, 2.45) is 0 Å². The summed E-state index contributed by atoms with van der Waals surface area (Å²) in [5.41, 5.74) is 16.3. The maximum absolute atomic E-state index is 11.7. The first-order valence-corrected chi connectivity index (χ1v) is 28.6. The van der Waals surface area contributed by atoms with E-state index in [0.29, 0.717) is 22.7 Å². The number of hydrogen-bond acceptors (Lipinski definition) is 12. The molecule has 17 heteroatoms. The van der Waals surface area contributed by atoms with Crippen LogP contribution in [0.4, 0.5) is 0 Å². The monoisotopic (exact) mass is 1350 g/mol. The van der Waals surface area contributed by atoms with Crippen LogP contribution < -0.4 is 20.4 Å². The number of hydrogen-bond donors (Lipinski definition) is 0. The minimum Gasteiger partial charge on any atom is -0.871 e. The first-order chi connectivity index (χ1) is 43.1. The number of fused-ring (bicyclic) bond motifs is 4. The second-order valence-electron chi connectivity index (χ2n) is 20.8.